The largest absolute Gasteiger partial charge is 1.00 e. The standard InChI is InChI=1S/C9H20NOS.HI/c1-8-6-12-7-9(11-8)5-10(2,3)4;/h8-9H,5-7H2,1-4H3;1H/q+1;/p-1/t8-,9-;/m0./s1. The average molecular weight is 317 g/mol. The normalized spacial score (nSPS) is 29.5. The van der Waals surface area contributed by atoms with Gasteiger partial charge in [0.15, 0.2) is 0 Å². The summed E-state index contributed by atoms with van der Waals surface area (Å²) >= 11 is 2.02. The quantitative estimate of drug-likeness (QED) is 0.440. The summed E-state index contributed by atoms with van der Waals surface area (Å²) in [6, 6.07) is 0. The van der Waals surface area contributed by atoms with Crippen molar-refractivity contribution in [2.75, 3.05) is 39.2 Å². The molecule has 0 aromatic heterocycles. The number of hydrogen-bond acceptors (Lipinski definition) is 2. The van der Waals surface area contributed by atoms with E-state index in [-0.39, 0.29) is 24.0 Å². The molecule has 1 heterocycles. The number of halogens is 1. The zero-order valence-corrected chi connectivity index (χ0v) is 11.9. The predicted octanol–water partition coefficient (Wildman–Crippen LogP) is -1.78. The molecule has 0 unspecified atom stereocenters. The fraction of sp³-hybridized carbons (Fsp3) is 1.00. The first-order valence-corrected chi connectivity index (χ1v) is 5.66. The minimum atomic E-state index is 0. The molecule has 1 aliphatic heterocycles. The number of rotatable bonds is 2. The van der Waals surface area contributed by atoms with Gasteiger partial charge in [0.1, 0.15) is 12.6 Å². The summed E-state index contributed by atoms with van der Waals surface area (Å²) in [5.41, 5.74) is 0. The maximum absolute atomic E-state index is 5.83. The van der Waals surface area contributed by atoms with Crippen LogP contribution >= 0.6 is 11.8 Å². The van der Waals surface area contributed by atoms with Crippen LogP contribution in [0, 0.1) is 0 Å². The highest BCUT2D eigenvalue weighted by Gasteiger charge is 2.24. The van der Waals surface area contributed by atoms with Crippen molar-refractivity contribution in [3.63, 3.8) is 0 Å². The maximum Gasteiger partial charge on any atom is 0.116 e. The third kappa shape index (κ3) is 6.14. The van der Waals surface area contributed by atoms with Crippen LogP contribution in [0.15, 0.2) is 0 Å². The van der Waals surface area contributed by atoms with E-state index in [1.165, 1.54) is 5.75 Å². The van der Waals surface area contributed by atoms with E-state index >= 15 is 0 Å². The van der Waals surface area contributed by atoms with E-state index in [1.807, 2.05) is 11.8 Å². The third-order valence-corrected chi connectivity index (χ3v) is 3.15. The van der Waals surface area contributed by atoms with Gasteiger partial charge in [-0.2, -0.15) is 11.8 Å². The Kier molecular flexibility index (Phi) is 6.22. The lowest BCUT2D eigenvalue weighted by Crippen LogP contribution is -3.00. The lowest BCUT2D eigenvalue weighted by molar-refractivity contribution is -0.873. The zero-order valence-electron chi connectivity index (χ0n) is 8.92. The van der Waals surface area contributed by atoms with Crippen LogP contribution in [0.4, 0.5) is 0 Å². The number of ether oxygens (including phenoxy) is 1. The molecule has 0 aliphatic carbocycles. The van der Waals surface area contributed by atoms with Gasteiger partial charge in [-0.15, -0.1) is 0 Å². The lowest BCUT2D eigenvalue weighted by atomic mass is 10.3. The van der Waals surface area contributed by atoms with Crippen LogP contribution in [0.25, 0.3) is 0 Å². The summed E-state index contributed by atoms with van der Waals surface area (Å²) in [7, 11) is 6.65. The van der Waals surface area contributed by atoms with E-state index in [0.717, 1.165) is 16.8 Å². The molecule has 2 atom stereocenters. The molecular weight excluding hydrogens is 297 g/mol. The van der Waals surface area contributed by atoms with E-state index in [0.29, 0.717) is 12.2 Å². The molecule has 13 heavy (non-hydrogen) atoms. The molecule has 80 valence electrons. The predicted molar refractivity (Wildman–Crippen MR) is 54.6 cm³/mol. The second kappa shape index (κ2) is 5.78. The third-order valence-electron chi connectivity index (χ3n) is 1.83. The van der Waals surface area contributed by atoms with Gasteiger partial charge in [0.2, 0.25) is 0 Å². The van der Waals surface area contributed by atoms with Crippen molar-refractivity contribution < 1.29 is 33.2 Å². The van der Waals surface area contributed by atoms with Gasteiger partial charge in [0.25, 0.3) is 0 Å². The van der Waals surface area contributed by atoms with Gasteiger partial charge in [-0.1, -0.05) is 0 Å². The summed E-state index contributed by atoms with van der Waals surface area (Å²) < 4.78 is 6.82. The smallest absolute Gasteiger partial charge is 0.116 e. The molecule has 0 radical (unpaired) electrons. The summed E-state index contributed by atoms with van der Waals surface area (Å²) in [6.07, 6.45) is 0.902. The van der Waals surface area contributed by atoms with Crippen molar-refractivity contribution in [2.24, 2.45) is 0 Å². The summed E-state index contributed by atoms with van der Waals surface area (Å²) in [5.74, 6) is 2.33. The average Bonchev–Trinajstić information content (AvgIpc) is 1.82. The molecule has 0 N–H and O–H groups in total. The van der Waals surface area contributed by atoms with Crippen molar-refractivity contribution in [1.29, 1.82) is 0 Å². The maximum atomic E-state index is 5.83. The summed E-state index contributed by atoms with van der Waals surface area (Å²) in [5, 5.41) is 0. The van der Waals surface area contributed by atoms with E-state index in [4.69, 9.17) is 4.74 Å². The highest BCUT2D eigenvalue weighted by Crippen LogP contribution is 2.19. The van der Waals surface area contributed by atoms with Gasteiger partial charge >= 0.3 is 0 Å². The molecule has 0 saturated carbocycles. The van der Waals surface area contributed by atoms with Gasteiger partial charge in [-0.25, -0.2) is 0 Å². The zero-order chi connectivity index (χ0) is 9.19. The molecule has 0 bridgehead atoms. The number of likely N-dealkylation sites (N-methyl/N-ethyl adjacent to an activating group) is 1. The van der Waals surface area contributed by atoms with Gasteiger partial charge in [-0.05, 0) is 6.92 Å². The topological polar surface area (TPSA) is 9.23 Å². The SMILES string of the molecule is C[C@H]1CSC[C@H](C[N+](C)(C)C)O1.[I-]. The highest BCUT2D eigenvalue weighted by atomic mass is 127. The van der Waals surface area contributed by atoms with Crippen molar-refractivity contribution >= 4 is 11.8 Å². The highest BCUT2D eigenvalue weighted by molar-refractivity contribution is 7.99. The molecule has 1 saturated heterocycles. The fourth-order valence-electron chi connectivity index (χ4n) is 1.48. The van der Waals surface area contributed by atoms with Crippen LogP contribution in [0.3, 0.4) is 0 Å². The number of nitrogens with zero attached hydrogens (tertiary/aromatic N) is 1. The fourth-order valence-corrected chi connectivity index (χ4v) is 2.47. The van der Waals surface area contributed by atoms with E-state index < -0.39 is 0 Å². The molecule has 1 fully saturated rings. The van der Waals surface area contributed by atoms with Crippen LogP contribution < -0.4 is 24.0 Å². The number of thioether (sulfide) groups is 1. The molecule has 1 aliphatic rings. The first-order chi connectivity index (χ1) is 5.47. The molecule has 0 aromatic carbocycles. The summed E-state index contributed by atoms with van der Waals surface area (Å²) in [4.78, 5) is 0. The minimum Gasteiger partial charge on any atom is -1.00 e. The first-order valence-electron chi connectivity index (χ1n) is 4.51. The number of hydrogen-bond donors (Lipinski definition) is 0. The van der Waals surface area contributed by atoms with Crippen molar-refractivity contribution in [2.45, 2.75) is 19.1 Å². The van der Waals surface area contributed by atoms with Crippen LogP contribution in [-0.2, 0) is 4.74 Å². The van der Waals surface area contributed by atoms with Gasteiger partial charge in [-0.3, -0.25) is 0 Å². The Balaban J connectivity index is 0.00000144. The molecular formula is C9H20INOS. The monoisotopic (exact) mass is 317 g/mol. The van der Waals surface area contributed by atoms with E-state index in [2.05, 4.69) is 28.1 Å². The van der Waals surface area contributed by atoms with Crippen molar-refractivity contribution in [3.8, 4) is 0 Å². The molecule has 0 aromatic rings. The van der Waals surface area contributed by atoms with Crippen LogP contribution in [0.2, 0.25) is 0 Å². The molecule has 0 spiro atoms. The minimum absolute atomic E-state index is 0. The van der Waals surface area contributed by atoms with Crippen LogP contribution in [0.1, 0.15) is 6.92 Å². The Hall–Kier alpha value is 1.00. The lowest BCUT2D eigenvalue weighted by Gasteiger charge is -2.33. The van der Waals surface area contributed by atoms with Crippen LogP contribution in [0.5, 0.6) is 0 Å². The van der Waals surface area contributed by atoms with E-state index in [9.17, 15) is 0 Å². The van der Waals surface area contributed by atoms with E-state index in [1.54, 1.807) is 0 Å². The van der Waals surface area contributed by atoms with Crippen molar-refractivity contribution in [3.05, 3.63) is 0 Å². The molecule has 2 nitrogen and oxygen atoms in total. The Morgan fingerprint density at radius 2 is 1.92 bits per heavy atom. The molecule has 0 amide bonds. The Bertz CT molecular complexity index is 149. The van der Waals surface area contributed by atoms with Gasteiger partial charge in [0, 0.05) is 11.5 Å². The first kappa shape index (κ1) is 14.0. The van der Waals surface area contributed by atoms with Crippen LogP contribution in [-0.4, -0.2) is 55.9 Å². The Morgan fingerprint density at radius 3 is 2.38 bits per heavy atom. The van der Waals surface area contributed by atoms with Gasteiger partial charge < -0.3 is 33.2 Å². The van der Waals surface area contributed by atoms with Crippen molar-refractivity contribution in [1.82, 2.24) is 0 Å². The molecule has 4 heteroatoms. The second-order valence-corrected chi connectivity index (χ2v) is 5.65. The Morgan fingerprint density at radius 1 is 1.31 bits per heavy atom. The van der Waals surface area contributed by atoms with Gasteiger partial charge in [0.05, 0.1) is 27.2 Å². The Labute approximate surface area is 103 Å². The molecule has 1 rings (SSSR count). The summed E-state index contributed by atoms with van der Waals surface area (Å²) in [6.45, 7) is 3.28. The number of quaternary nitrogens is 1. The second-order valence-electron chi connectivity index (χ2n) is 4.58.